The first-order valence-electron chi connectivity index (χ1n) is 9.73. The molecular formula is C22H19N5O3. The first kappa shape index (κ1) is 18.3. The Balaban J connectivity index is 1.47. The van der Waals surface area contributed by atoms with E-state index in [1.54, 1.807) is 6.07 Å². The van der Waals surface area contributed by atoms with Crippen LogP contribution in [0.15, 0.2) is 59.5 Å². The largest absolute Gasteiger partial charge is 0.361 e. The van der Waals surface area contributed by atoms with Crippen LogP contribution in [0.2, 0.25) is 0 Å². The third kappa shape index (κ3) is 3.17. The van der Waals surface area contributed by atoms with Crippen LogP contribution >= 0.6 is 0 Å². The van der Waals surface area contributed by atoms with Crippen molar-refractivity contribution >= 4 is 16.6 Å². The van der Waals surface area contributed by atoms with Crippen LogP contribution in [-0.4, -0.2) is 31.3 Å². The summed E-state index contributed by atoms with van der Waals surface area (Å²) < 4.78 is 0. The lowest BCUT2D eigenvalue weighted by Gasteiger charge is -2.27. The van der Waals surface area contributed by atoms with E-state index in [0.717, 1.165) is 27.9 Å². The van der Waals surface area contributed by atoms with E-state index in [1.165, 1.54) is 6.07 Å². The van der Waals surface area contributed by atoms with Gasteiger partial charge in [-0.1, -0.05) is 36.4 Å². The van der Waals surface area contributed by atoms with Gasteiger partial charge in [0.15, 0.2) is 0 Å². The Morgan fingerprint density at radius 3 is 2.77 bits per heavy atom. The number of nitrogens with one attached hydrogen (secondary N) is 2. The van der Waals surface area contributed by atoms with Gasteiger partial charge in [0.25, 0.3) is 11.2 Å². The quantitative estimate of drug-likeness (QED) is 0.403. The highest BCUT2D eigenvalue weighted by Gasteiger charge is 2.24. The van der Waals surface area contributed by atoms with Gasteiger partial charge in [0, 0.05) is 43.0 Å². The number of aromatic amines is 2. The van der Waals surface area contributed by atoms with E-state index >= 15 is 0 Å². The van der Waals surface area contributed by atoms with Gasteiger partial charge in [0.1, 0.15) is 5.82 Å². The lowest BCUT2D eigenvalue weighted by atomic mass is 10.0. The Labute approximate surface area is 171 Å². The molecule has 0 bridgehead atoms. The van der Waals surface area contributed by atoms with Crippen LogP contribution in [0.25, 0.3) is 22.3 Å². The van der Waals surface area contributed by atoms with E-state index in [1.807, 2.05) is 42.6 Å². The molecule has 4 aromatic rings. The zero-order valence-electron chi connectivity index (χ0n) is 16.1. The summed E-state index contributed by atoms with van der Waals surface area (Å²) >= 11 is 0. The van der Waals surface area contributed by atoms with Crippen molar-refractivity contribution in [2.75, 3.05) is 6.54 Å². The molecule has 1 aliphatic rings. The minimum absolute atomic E-state index is 0.0961. The zero-order valence-corrected chi connectivity index (χ0v) is 16.1. The predicted molar refractivity (Wildman–Crippen MR) is 113 cm³/mol. The molecule has 3 heterocycles. The number of aromatic nitrogens is 3. The van der Waals surface area contributed by atoms with Gasteiger partial charge in [-0.2, -0.15) is 0 Å². The molecule has 8 heteroatoms. The van der Waals surface area contributed by atoms with Crippen molar-refractivity contribution in [3.05, 3.63) is 92.0 Å². The molecule has 0 saturated carbocycles. The summed E-state index contributed by atoms with van der Waals surface area (Å²) in [5, 5.41) is 12.1. The van der Waals surface area contributed by atoms with Gasteiger partial charge in [-0.3, -0.25) is 19.8 Å². The molecule has 30 heavy (non-hydrogen) atoms. The summed E-state index contributed by atoms with van der Waals surface area (Å²) in [5.74, 6) is 0.559. The van der Waals surface area contributed by atoms with Crippen molar-refractivity contribution in [1.82, 2.24) is 19.9 Å². The molecule has 0 radical (unpaired) electrons. The molecule has 0 spiro atoms. The number of benzene rings is 2. The van der Waals surface area contributed by atoms with E-state index in [2.05, 4.69) is 14.9 Å². The molecule has 0 amide bonds. The number of nitro groups is 1. The van der Waals surface area contributed by atoms with Crippen molar-refractivity contribution < 1.29 is 4.92 Å². The van der Waals surface area contributed by atoms with Gasteiger partial charge in [-0.15, -0.1) is 0 Å². The normalized spacial score (nSPS) is 14.0. The highest BCUT2D eigenvalue weighted by molar-refractivity contribution is 5.91. The number of H-pyrrole nitrogens is 2. The third-order valence-corrected chi connectivity index (χ3v) is 5.56. The number of non-ortho nitro benzene ring substituents is 1. The Bertz CT molecular complexity index is 1310. The van der Waals surface area contributed by atoms with Gasteiger partial charge in [-0.05, 0) is 18.1 Å². The molecule has 2 N–H and O–H groups in total. The number of rotatable bonds is 4. The van der Waals surface area contributed by atoms with Crippen LogP contribution in [0.4, 0.5) is 5.69 Å². The second kappa shape index (κ2) is 7.23. The molecule has 0 unspecified atom stereocenters. The molecular weight excluding hydrogens is 382 g/mol. The summed E-state index contributed by atoms with van der Waals surface area (Å²) in [7, 11) is 0. The summed E-state index contributed by atoms with van der Waals surface area (Å²) in [6.07, 6.45) is 2.42. The summed E-state index contributed by atoms with van der Waals surface area (Å²) in [6.45, 7) is 1.75. The highest BCUT2D eigenvalue weighted by atomic mass is 16.6. The van der Waals surface area contributed by atoms with Crippen molar-refractivity contribution in [3.8, 4) is 11.4 Å². The van der Waals surface area contributed by atoms with Gasteiger partial charge in [0.2, 0.25) is 0 Å². The smallest absolute Gasteiger partial charge is 0.279 e. The number of nitro benzene ring substituents is 1. The fraction of sp³-hybridized carbons (Fsp3) is 0.182. The molecule has 0 saturated heterocycles. The van der Waals surface area contributed by atoms with Crippen LogP contribution in [0, 0.1) is 10.1 Å². The molecule has 5 rings (SSSR count). The minimum atomic E-state index is -0.349. The van der Waals surface area contributed by atoms with Crippen LogP contribution in [0.5, 0.6) is 0 Å². The molecule has 0 atom stereocenters. The fourth-order valence-electron chi connectivity index (χ4n) is 4.11. The minimum Gasteiger partial charge on any atom is -0.361 e. The topological polar surface area (TPSA) is 108 Å². The predicted octanol–water partition coefficient (Wildman–Crippen LogP) is 3.38. The van der Waals surface area contributed by atoms with Gasteiger partial charge >= 0.3 is 0 Å². The zero-order chi connectivity index (χ0) is 20.7. The highest BCUT2D eigenvalue weighted by Crippen LogP contribution is 2.30. The Morgan fingerprint density at radius 2 is 1.97 bits per heavy atom. The molecule has 2 aromatic carbocycles. The van der Waals surface area contributed by atoms with Crippen molar-refractivity contribution in [2.45, 2.75) is 19.5 Å². The van der Waals surface area contributed by atoms with E-state index in [-0.39, 0.29) is 16.2 Å². The van der Waals surface area contributed by atoms with Crippen LogP contribution in [0.1, 0.15) is 16.8 Å². The SMILES string of the molecule is O=c1[nH]c(-c2ccccc2)nc2c1CCN(Cc1c[nH]c3cccc([N+](=O)[O-])c13)C2. The van der Waals surface area contributed by atoms with Gasteiger partial charge in [-0.25, -0.2) is 4.98 Å². The standard InChI is InChI=1S/C22H19N5O3/c28-22-16-9-10-26(13-18(16)24-21(25-22)14-5-2-1-3-6-14)12-15-11-23-17-7-4-8-19(20(15)17)27(29)30/h1-8,11,23H,9-10,12-13H2,(H,24,25,28). The first-order chi connectivity index (χ1) is 14.6. The lowest BCUT2D eigenvalue weighted by Crippen LogP contribution is -2.35. The molecule has 150 valence electrons. The van der Waals surface area contributed by atoms with Crippen LogP contribution < -0.4 is 5.56 Å². The average molecular weight is 401 g/mol. The maximum absolute atomic E-state index is 12.6. The maximum atomic E-state index is 12.6. The number of hydrogen-bond donors (Lipinski definition) is 2. The third-order valence-electron chi connectivity index (χ3n) is 5.56. The summed E-state index contributed by atoms with van der Waals surface area (Å²) in [4.78, 5) is 36.6. The molecule has 0 fully saturated rings. The second-order valence-electron chi connectivity index (χ2n) is 7.44. The monoisotopic (exact) mass is 401 g/mol. The van der Waals surface area contributed by atoms with E-state index < -0.39 is 0 Å². The summed E-state index contributed by atoms with van der Waals surface area (Å²) in [6, 6.07) is 14.6. The van der Waals surface area contributed by atoms with Gasteiger partial charge in [0.05, 0.1) is 21.5 Å². The fourth-order valence-corrected chi connectivity index (χ4v) is 4.11. The molecule has 1 aliphatic heterocycles. The molecule has 2 aromatic heterocycles. The summed E-state index contributed by atoms with van der Waals surface area (Å²) in [5.41, 5.74) is 3.96. The number of nitrogens with zero attached hydrogens (tertiary/aromatic N) is 3. The molecule has 8 nitrogen and oxygen atoms in total. The first-order valence-corrected chi connectivity index (χ1v) is 9.73. The second-order valence-corrected chi connectivity index (χ2v) is 7.44. The van der Waals surface area contributed by atoms with Crippen molar-refractivity contribution in [2.24, 2.45) is 0 Å². The Kier molecular flexibility index (Phi) is 4.40. The van der Waals surface area contributed by atoms with E-state index in [4.69, 9.17) is 4.98 Å². The van der Waals surface area contributed by atoms with Crippen LogP contribution in [-0.2, 0) is 19.5 Å². The Hall–Kier alpha value is -3.78. The lowest BCUT2D eigenvalue weighted by molar-refractivity contribution is -0.383. The van der Waals surface area contributed by atoms with Crippen molar-refractivity contribution in [1.29, 1.82) is 0 Å². The number of fused-ring (bicyclic) bond motifs is 2. The van der Waals surface area contributed by atoms with Crippen molar-refractivity contribution in [3.63, 3.8) is 0 Å². The van der Waals surface area contributed by atoms with E-state index in [0.29, 0.717) is 37.3 Å². The van der Waals surface area contributed by atoms with Gasteiger partial charge < -0.3 is 9.97 Å². The average Bonchev–Trinajstić information content (AvgIpc) is 3.17. The maximum Gasteiger partial charge on any atom is 0.279 e. The van der Waals surface area contributed by atoms with E-state index in [9.17, 15) is 14.9 Å². The Morgan fingerprint density at radius 1 is 1.13 bits per heavy atom. The molecule has 0 aliphatic carbocycles. The number of hydrogen-bond acceptors (Lipinski definition) is 5. The van der Waals surface area contributed by atoms with Crippen LogP contribution in [0.3, 0.4) is 0 Å².